The third kappa shape index (κ3) is 2.27. The fourth-order valence-electron chi connectivity index (χ4n) is 3.03. The first-order valence-corrected chi connectivity index (χ1v) is 8.18. The van der Waals surface area contributed by atoms with Crippen LogP contribution in [0.5, 0.6) is 0 Å². The summed E-state index contributed by atoms with van der Waals surface area (Å²) in [6.07, 6.45) is 7.86. The van der Waals surface area contributed by atoms with Gasteiger partial charge in [0.2, 0.25) is 5.65 Å². The van der Waals surface area contributed by atoms with Gasteiger partial charge in [-0.15, -0.1) is 21.5 Å². The molecule has 1 saturated heterocycles. The molecule has 4 heterocycles. The normalized spacial score (nSPS) is 18.2. The fourth-order valence-corrected chi connectivity index (χ4v) is 3.70. The maximum Gasteiger partial charge on any atom is 0.203 e. The highest BCUT2D eigenvalue weighted by molar-refractivity contribution is 7.12. The van der Waals surface area contributed by atoms with Crippen molar-refractivity contribution in [2.75, 3.05) is 11.4 Å². The Morgan fingerprint density at radius 1 is 1.45 bits per heavy atom. The number of anilines is 1. The summed E-state index contributed by atoms with van der Waals surface area (Å²) in [5, 5.41) is 10.0. The van der Waals surface area contributed by atoms with E-state index in [9.17, 15) is 4.79 Å². The fraction of sp³-hybridized carbons (Fsp3) is 0.333. The van der Waals surface area contributed by atoms with Gasteiger partial charge >= 0.3 is 0 Å². The smallest absolute Gasteiger partial charge is 0.203 e. The van der Waals surface area contributed by atoms with E-state index in [4.69, 9.17) is 0 Å². The average molecular weight is 313 g/mol. The van der Waals surface area contributed by atoms with Crippen molar-refractivity contribution in [1.29, 1.82) is 0 Å². The van der Waals surface area contributed by atoms with Crippen molar-refractivity contribution >= 4 is 28.6 Å². The molecule has 7 heteroatoms. The number of carbonyl (C=O) groups is 1. The molecule has 3 aromatic heterocycles. The number of hydrogen-bond acceptors (Lipinski definition) is 6. The zero-order valence-corrected chi connectivity index (χ0v) is 12.7. The number of fused-ring (bicyclic) bond motifs is 1. The zero-order chi connectivity index (χ0) is 14.9. The third-order valence-electron chi connectivity index (χ3n) is 4.06. The predicted octanol–water partition coefficient (Wildman–Crippen LogP) is 2.43. The lowest BCUT2D eigenvalue weighted by Gasteiger charge is -2.25. The van der Waals surface area contributed by atoms with Crippen LogP contribution in [-0.4, -0.2) is 38.0 Å². The Hall–Kier alpha value is -2.28. The summed E-state index contributed by atoms with van der Waals surface area (Å²) in [4.78, 5) is 19.9. The highest BCUT2D eigenvalue weighted by Gasteiger charge is 2.30. The second kappa shape index (κ2) is 5.49. The minimum Gasteiger partial charge on any atom is -0.350 e. The molecular formula is C15H15N5OS. The lowest BCUT2D eigenvalue weighted by molar-refractivity contribution is 0.0978. The molecule has 0 radical (unpaired) electrons. The maximum absolute atomic E-state index is 12.4. The molecule has 1 fully saturated rings. The summed E-state index contributed by atoms with van der Waals surface area (Å²) in [6.45, 7) is 0.905. The molecule has 112 valence electrons. The number of Topliss-reactive ketones (excluding diaryl/α,β-unsaturated/α-hetero) is 1. The van der Waals surface area contributed by atoms with E-state index in [1.54, 1.807) is 12.5 Å². The van der Waals surface area contributed by atoms with Gasteiger partial charge < -0.3 is 4.90 Å². The first kappa shape index (κ1) is 13.4. The van der Waals surface area contributed by atoms with Gasteiger partial charge in [0.25, 0.3) is 0 Å². The van der Waals surface area contributed by atoms with Gasteiger partial charge in [0.15, 0.2) is 11.6 Å². The van der Waals surface area contributed by atoms with Crippen molar-refractivity contribution in [3.63, 3.8) is 0 Å². The Kier molecular flexibility index (Phi) is 3.34. The molecule has 22 heavy (non-hydrogen) atoms. The van der Waals surface area contributed by atoms with Gasteiger partial charge in [-0.2, -0.15) is 0 Å². The number of aromatic nitrogens is 4. The van der Waals surface area contributed by atoms with Crippen LogP contribution in [-0.2, 0) is 0 Å². The quantitative estimate of drug-likeness (QED) is 0.692. The second-order valence-corrected chi connectivity index (χ2v) is 6.35. The van der Waals surface area contributed by atoms with Crippen LogP contribution in [0.3, 0.4) is 0 Å². The number of carbonyl (C=O) groups excluding carboxylic acids is 1. The van der Waals surface area contributed by atoms with E-state index >= 15 is 0 Å². The molecule has 4 rings (SSSR count). The Balaban J connectivity index is 1.61. The van der Waals surface area contributed by atoms with E-state index in [1.807, 2.05) is 28.1 Å². The van der Waals surface area contributed by atoms with Crippen LogP contribution < -0.4 is 4.90 Å². The zero-order valence-electron chi connectivity index (χ0n) is 11.9. The first-order chi connectivity index (χ1) is 10.8. The van der Waals surface area contributed by atoms with Crippen molar-refractivity contribution in [2.45, 2.75) is 25.3 Å². The predicted molar refractivity (Wildman–Crippen MR) is 84.4 cm³/mol. The van der Waals surface area contributed by atoms with Crippen LogP contribution in [0.1, 0.15) is 28.9 Å². The Morgan fingerprint density at radius 3 is 3.27 bits per heavy atom. The molecule has 1 aliphatic heterocycles. The van der Waals surface area contributed by atoms with Gasteiger partial charge in [0.1, 0.15) is 6.33 Å². The summed E-state index contributed by atoms with van der Waals surface area (Å²) in [6, 6.07) is 4.00. The van der Waals surface area contributed by atoms with Crippen molar-refractivity contribution in [3.05, 3.63) is 41.1 Å². The molecule has 0 spiro atoms. The molecule has 0 amide bonds. The Bertz CT molecular complexity index is 797. The van der Waals surface area contributed by atoms with E-state index < -0.39 is 0 Å². The standard InChI is InChI=1S/C15H15N5OS/c21-12(13-4-2-8-22-13)9-11-3-1-6-20(11)14-15-18-17-10-19(15)7-5-16-14/h2,4-5,7-8,10-11H,1,3,6,9H2/t11-/m0/s1. The van der Waals surface area contributed by atoms with E-state index in [0.717, 1.165) is 35.7 Å². The van der Waals surface area contributed by atoms with E-state index in [1.165, 1.54) is 11.3 Å². The van der Waals surface area contributed by atoms with E-state index in [0.29, 0.717) is 6.42 Å². The average Bonchev–Trinajstić information content (AvgIpc) is 3.27. The topological polar surface area (TPSA) is 63.4 Å². The molecule has 0 bridgehead atoms. The van der Waals surface area contributed by atoms with Gasteiger partial charge in [-0.05, 0) is 24.3 Å². The van der Waals surface area contributed by atoms with Gasteiger partial charge in [-0.25, -0.2) is 4.98 Å². The van der Waals surface area contributed by atoms with Crippen molar-refractivity contribution < 1.29 is 4.79 Å². The van der Waals surface area contributed by atoms with Gasteiger partial charge in [-0.1, -0.05) is 6.07 Å². The van der Waals surface area contributed by atoms with Crippen LogP contribution >= 0.6 is 11.3 Å². The highest BCUT2D eigenvalue weighted by atomic mass is 32.1. The van der Waals surface area contributed by atoms with Gasteiger partial charge in [-0.3, -0.25) is 9.20 Å². The Labute approximate surface area is 131 Å². The van der Waals surface area contributed by atoms with Crippen molar-refractivity contribution in [3.8, 4) is 0 Å². The van der Waals surface area contributed by atoms with Crippen molar-refractivity contribution in [2.24, 2.45) is 0 Å². The molecule has 0 unspecified atom stereocenters. The summed E-state index contributed by atoms with van der Waals surface area (Å²) in [5.74, 6) is 1.03. The monoisotopic (exact) mass is 313 g/mol. The number of nitrogens with zero attached hydrogens (tertiary/aromatic N) is 5. The SMILES string of the molecule is O=C(C[C@@H]1CCCN1c1nccn2cnnc12)c1cccs1. The largest absolute Gasteiger partial charge is 0.350 e. The van der Waals surface area contributed by atoms with E-state index in [-0.39, 0.29) is 11.8 Å². The minimum absolute atomic E-state index is 0.185. The minimum atomic E-state index is 0.185. The second-order valence-electron chi connectivity index (χ2n) is 5.41. The first-order valence-electron chi connectivity index (χ1n) is 7.30. The number of ketones is 1. The summed E-state index contributed by atoms with van der Waals surface area (Å²) >= 11 is 1.51. The molecule has 0 aliphatic carbocycles. The molecule has 0 aromatic carbocycles. The van der Waals surface area contributed by atoms with Crippen molar-refractivity contribution in [1.82, 2.24) is 19.6 Å². The summed E-state index contributed by atoms with van der Waals surface area (Å²) in [5.41, 5.74) is 0.748. The molecule has 1 aliphatic rings. The molecule has 1 atom stereocenters. The summed E-state index contributed by atoms with van der Waals surface area (Å²) < 4.78 is 1.86. The molecule has 3 aromatic rings. The van der Waals surface area contributed by atoms with Gasteiger partial charge in [0, 0.05) is 31.4 Å². The van der Waals surface area contributed by atoms with E-state index in [2.05, 4.69) is 20.1 Å². The number of rotatable bonds is 4. The summed E-state index contributed by atoms with van der Waals surface area (Å²) in [7, 11) is 0. The highest BCUT2D eigenvalue weighted by Crippen LogP contribution is 2.29. The Morgan fingerprint density at radius 2 is 2.41 bits per heavy atom. The molecule has 0 N–H and O–H groups in total. The van der Waals surface area contributed by atoms with Crippen LogP contribution in [0.2, 0.25) is 0 Å². The third-order valence-corrected chi connectivity index (χ3v) is 4.97. The maximum atomic E-state index is 12.4. The number of hydrogen-bond donors (Lipinski definition) is 0. The lowest BCUT2D eigenvalue weighted by atomic mass is 10.1. The van der Waals surface area contributed by atoms with Crippen LogP contribution in [0.4, 0.5) is 5.82 Å². The molecule has 6 nitrogen and oxygen atoms in total. The van der Waals surface area contributed by atoms with Gasteiger partial charge in [0.05, 0.1) is 4.88 Å². The van der Waals surface area contributed by atoms with Crippen LogP contribution in [0.15, 0.2) is 36.2 Å². The van der Waals surface area contributed by atoms with Crippen LogP contribution in [0.25, 0.3) is 5.65 Å². The number of thiophene rings is 1. The molecule has 0 saturated carbocycles. The lowest BCUT2D eigenvalue weighted by Crippen LogP contribution is -2.32. The molecular weight excluding hydrogens is 298 g/mol. The van der Waals surface area contributed by atoms with Crippen LogP contribution in [0, 0.1) is 0 Å².